The van der Waals surface area contributed by atoms with Crippen LogP contribution in [-0.2, 0) is 6.42 Å². The van der Waals surface area contributed by atoms with Crippen LogP contribution in [0.25, 0.3) is 21.5 Å². The fourth-order valence-corrected chi connectivity index (χ4v) is 2.26. The summed E-state index contributed by atoms with van der Waals surface area (Å²) in [6, 6.07) is 20.5. The van der Waals surface area contributed by atoms with Crippen molar-refractivity contribution in [2.75, 3.05) is 0 Å². The summed E-state index contributed by atoms with van der Waals surface area (Å²) in [6.45, 7) is 2.20. The van der Waals surface area contributed by atoms with E-state index in [0.717, 1.165) is 6.42 Å². The van der Waals surface area contributed by atoms with Gasteiger partial charge in [-0.1, -0.05) is 43.3 Å². The Morgan fingerprint density at radius 3 is 2.50 bits per heavy atom. The van der Waals surface area contributed by atoms with Gasteiger partial charge in [-0.3, -0.25) is 0 Å². The van der Waals surface area contributed by atoms with Crippen LogP contribution < -0.4 is 0 Å². The van der Waals surface area contributed by atoms with Crippen LogP contribution in [0.3, 0.4) is 0 Å². The molecule has 0 saturated heterocycles. The predicted octanol–water partition coefficient (Wildman–Crippen LogP) is 4.36. The molecule has 16 heavy (non-hydrogen) atoms. The Morgan fingerprint density at radius 2 is 1.75 bits per heavy atom. The van der Waals surface area contributed by atoms with E-state index in [-0.39, 0.29) is 0 Å². The Bertz CT molecular complexity index is 650. The molecule has 77 valence electrons. The van der Waals surface area contributed by atoms with Gasteiger partial charge in [-0.2, -0.15) is 0 Å². The van der Waals surface area contributed by atoms with E-state index in [4.69, 9.17) is 0 Å². The molecule has 0 aliphatic heterocycles. The van der Waals surface area contributed by atoms with Gasteiger partial charge in [0.05, 0.1) is 0 Å². The van der Waals surface area contributed by atoms with Crippen molar-refractivity contribution in [2.24, 2.45) is 0 Å². The number of rotatable bonds is 1. The molecule has 0 amide bonds. The molecule has 0 spiro atoms. The van der Waals surface area contributed by atoms with Gasteiger partial charge < -0.3 is 0 Å². The number of benzene rings is 3. The summed E-state index contributed by atoms with van der Waals surface area (Å²) in [4.78, 5) is 0. The Balaban J connectivity index is 2.46. The van der Waals surface area contributed by atoms with Crippen molar-refractivity contribution in [1.82, 2.24) is 0 Å². The lowest BCUT2D eigenvalue weighted by atomic mass is 9.99. The van der Waals surface area contributed by atoms with Crippen LogP contribution >= 0.6 is 0 Å². The van der Waals surface area contributed by atoms with E-state index in [0.29, 0.717) is 0 Å². The Kier molecular flexibility index (Phi) is 2.14. The maximum Gasteiger partial charge on any atom is -0.00960 e. The molecule has 0 aromatic heterocycles. The third-order valence-corrected chi connectivity index (χ3v) is 3.14. The third kappa shape index (κ3) is 1.38. The van der Waals surface area contributed by atoms with E-state index in [1.807, 2.05) is 6.07 Å². The maximum atomic E-state index is 3.32. The van der Waals surface area contributed by atoms with Crippen molar-refractivity contribution in [2.45, 2.75) is 13.3 Å². The minimum absolute atomic E-state index is 1.07. The zero-order chi connectivity index (χ0) is 11.0. The molecule has 0 bridgehead atoms. The monoisotopic (exact) mass is 205 g/mol. The zero-order valence-electron chi connectivity index (χ0n) is 9.33. The second-order valence-electron chi connectivity index (χ2n) is 4.10. The van der Waals surface area contributed by atoms with Gasteiger partial charge in [0.25, 0.3) is 0 Å². The van der Waals surface area contributed by atoms with Crippen molar-refractivity contribution in [3.05, 3.63) is 60.2 Å². The van der Waals surface area contributed by atoms with Crippen molar-refractivity contribution in [1.29, 1.82) is 0 Å². The second-order valence-corrected chi connectivity index (χ2v) is 4.10. The van der Waals surface area contributed by atoms with Crippen molar-refractivity contribution < 1.29 is 0 Å². The van der Waals surface area contributed by atoms with Gasteiger partial charge in [-0.25, -0.2) is 0 Å². The number of aryl methyl sites for hydroxylation is 1. The number of hydrogen-bond acceptors (Lipinski definition) is 0. The highest BCUT2D eigenvalue weighted by Crippen LogP contribution is 2.25. The Morgan fingerprint density at radius 1 is 1.00 bits per heavy atom. The van der Waals surface area contributed by atoms with Crippen LogP contribution in [0.5, 0.6) is 0 Å². The van der Waals surface area contributed by atoms with E-state index in [9.17, 15) is 0 Å². The van der Waals surface area contributed by atoms with Gasteiger partial charge in [0, 0.05) is 0 Å². The molecule has 3 aromatic rings. The number of hydrogen-bond donors (Lipinski definition) is 0. The molecule has 3 aromatic carbocycles. The third-order valence-electron chi connectivity index (χ3n) is 3.14. The standard InChI is InChI=1S/C16H13/c1-2-12-8-5-9-15-10-13-6-3-4-7-14(13)11-16(12)15/h3-8,10-11H,2H2,1H3. The summed E-state index contributed by atoms with van der Waals surface area (Å²) in [6.07, 6.45) is 1.07. The first-order chi connectivity index (χ1) is 7.88. The average Bonchev–Trinajstić information content (AvgIpc) is 2.35. The van der Waals surface area contributed by atoms with Gasteiger partial charge in [-0.05, 0) is 51.7 Å². The summed E-state index contributed by atoms with van der Waals surface area (Å²) in [5.41, 5.74) is 1.40. The van der Waals surface area contributed by atoms with Crippen LogP contribution in [-0.4, -0.2) is 0 Å². The lowest BCUT2D eigenvalue weighted by Crippen LogP contribution is -1.84. The first-order valence-corrected chi connectivity index (χ1v) is 5.70. The van der Waals surface area contributed by atoms with Crippen molar-refractivity contribution in [3.63, 3.8) is 0 Å². The first-order valence-electron chi connectivity index (χ1n) is 5.70. The first kappa shape index (κ1) is 9.41. The normalized spacial score (nSPS) is 11.1. The minimum atomic E-state index is 1.07. The van der Waals surface area contributed by atoms with Gasteiger partial charge in [0.2, 0.25) is 0 Å². The minimum Gasteiger partial charge on any atom is -0.0616 e. The fraction of sp³-hybridized carbons (Fsp3) is 0.125. The second kappa shape index (κ2) is 3.64. The van der Waals surface area contributed by atoms with Crippen molar-refractivity contribution in [3.8, 4) is 0 Å². The number of fused-ring (bicyclic) bond motifs is 2. The van der Waals surface area contributed by atoms with Crippen LogP contribution in [0.1, 0.15) is 12.5 Å². The fourth-order valence-electron chi connectivity index (χ4n) is 2.26. The van der Waals surface area contributed by atoms with Crippen molar-refractivity contribution >= 4 is 21.5 Å². The molecule has 0 N–H and O–H groups in total. The highest BCUT2D eigenvalue weighted by atomic mass is 14.0. The van der Waals surface area contributed by atoms with Crippen LogP contribution in [0, 0.1) is 6.07 Å². The summed E-state index contributed by atoms with van der Waals surface area (Å²) in [5.74, 6) is 0. The summed E-state index contributed by atoms with van der Waals surface area (Å²) < 4.78 is 0. The Hall–Kier alpha value is -1.82. The Labute approximate surface area is 95.5 Å². The van der Waals surface area contributed by atoms with Crippen LogP contribution in [0.4, 0.5) is 0 Å². The molecule has 0 saturated carbocycles. The molecule has 0 heteroatoms. The van der Waals surface area contributed by atoms with E-state index in [1.165, 1.54) is 27.1 Å². The molecule has 0 fully saturated rings. The quantitative estimate of drug-likeness (QED) is 0.518. The summed E-state index contributed by atoms with van der Waals surface area (Å²) >= 11 is 0. The average molecular weight is 205 g/mol. The van der Waals surface area contributed by atoms with E-state index in [2.05, 4.69) is 55.5 Å². The molecule has 3 rings (SSSR count). The molecular weight excluding hydrogens is 192 g/mol. The lowest BCUT2D eigenvalue weighted by Gasteiger charge is -2.06. The van der Waals surface area contributed by atoms with Gasteiger partial charge in [0.15, 0.2) is 0 Å². The lowest BCUT2D eigenvalue weighted by molar-refractivity contribution is 1.16. The SMILES string of the molecule is CCc1cc[c]c2cc3ccccc3cc12. The summed E-state index contributed by atoms with van der Waals surface area (Å²) in [7, 11) is 0. The maximum absolute atomic E-state index is 3.32. The van der Waals surface area contributed by atoms with E-state index < -0.39 is 0 Å². The molecule has 0 unspecified atom stereocenters. The topological polar surface area (TPSA) is 0 Å². The molecule has 0 heterocycles. The highest BCUT2D eigenvalue weighted by Gasteiger charge is 2.01. The van der Waals surface area contributed by atoms with Crippen LogP contribution in [0.2, 0.25) is 0 Å². The molecule has 1 radical (unpaired) electrons. The molecule has 0 aliphatic rings. The highest BCUT2D eigenvalue weighted by molar-refractivity contribution is 5.99. The van der Waals surface area contributed by atoms with Crippen LogP contribution in [0.15, 0.2) is 48.5 Å². The van der Waals surface area contributed by atoms with E-state index >= 15 is 0 Å². The summed E-state index contributed by atoms with van der Waals surface area (Å²) in [5, 5.41) is 5.16. The molecule has 0 aliphatic carbocycles. The van der Waals surface area contributed by atoms with Gasteiger partial charge in [0.1, 0.15) is 0 Å². The van der Waals surface area contributed by atoms with E-state index in [1.54, 1.807) is 0 Å². The zero-order valence-corrected chi connectivity index (χ0v) is 9.33. The molecule has 0 atom stereocenters. The smallest absolute Gasteiger partial charge is 0.00960 e. The predicted molar refractivity (Wildman–Crippen MR) is 69.7 cm³/mol. The van der Waals surface area contributed by atoms with Gasteiger partial charge >= 0.3 is 0 Å². The van der Waals surface area contributed by atoms with Gasteiger partial charge in [-0.15, -0.1) is 0 Å². The largest absolute Gasteiger partial charge is 0.0616 e. The molecule has 0 nitrogen and oxygen atoms in total. The molecular formula is C16H13.